The fourth-order valence-corrected chi connectivity index (χ4v) is 2.30. The number of nitrogens with one attached hydrogen (secondary N) is 1. The number of pyridine rings is 1. The molecule has 21 heavy (non-hydrogen) atoms. The summed E-state index contributed by atoms with van der Waals surface area (Å²) < 4.78 is 28.0. The number of carbonyl (C=O) groups is 1. The number of rotatable bonds is 2. The number of aromatic amines is 1. The van der Waals surface area contributed by atoms with Gasteiger partial charge in [-0.15, -0.1) is 0 Å². The van der Waals surface area contributed by atoms with E-state index in [1.807, 2.05) is 6.92 Å². The standard InChI is InChI=1S/C16H12F2N2O/c1-8-5-10-11(7-20-16(10)19-6-8)15(21)13-12(17)4-3-9(2)14(13)18/h3-7H,1-2H3,(H,19,20). The second-order valence-electron chi connectivity index (χ2n) is 4.99. The lowest BCUT2D eigenvalue weighted by atomic mass is 10.00. The molecule has 1 aromatic carbocycles. The molecule has 0 fully saturated rings. The van der Waals surface area contributed by atoms with Gasteiger partial charge in [-0.1, -0.05) is 6.07 Å². The maximum absolute atomic E-state index is 14.1. The molecule has 0 aliphatic carbocycles. The van der Waals surface area contributed by atoms with Gasteiger partial charge in [-0.05, 0) is 37.1 Å². The number of benzene rings is 1. The zero-order valence-corrected chi connectivity index (χ0v) is 11.5. The highest BCUT2D eigenvalue weighted by Gasteiger charge is 2.23. The number of hydrogen-bond donors (Lipinski definition) is 1. The van der Waals surface area contributed by atoms with Crippen molar-refractivity contribution in [3.63, 3.8) is 0 Å². The van der Waals surface area contributed by atoms with Crippen LogP contribution in [0.3, 0.4) is 0 Å². The van der Waals surface area contributed by atoms with Crippen LogP contribution in [0.1, 0.15) is 27.0 Å². The van der Waals surface area contributed by atoms with Crippen molar-refractivity contribution >= 4 is 16.8 Å². The van der Waals surface area contributed by atoms with Crippen molar-refractivity contribution in [1.82, 2.24) is 9.97 Å². The first-order valence-corrected chi connectivity index (χ1v) is 6.42. The van der Waals surface area contributed by atoms with Gasteiger partial charge in [0.2, 0.25) is 5.78 Å². The quantitative estimate of drug-likeness (QED) is 0.730. The Morgan fingerprint density at radius 3 is 2.76 bits per heavy atom. The van der Waals surface area contributed by atoms with Crippen LogP contribution in [-0.2, 0) is 0 Å². The number of nitrogens with zero attached hydrogens (tertiary/aromatic N) is 1. The van der Waals surface area contributed by atoms with Crippen LogP contribution >= 0.6 is 0 Å². The Balaban J connectivity index is 2.22. The number of aryl methyl sites for hydroxylation is 2. The van der Waals surface area contributed by atoms with Crippen molar-refractivity contribution in [2.75, 3.05) is 0 Å². The summed E-state index contributed by atoms with van der Waals surface area (Å²) in [5, 5.41) is 0.556. The van der Waals surface area contributed by atoms with E-state index in [1.54, 1.807) is 12.3 Å². The molecule has 106 valence electrons. The van der Waals surface area contributed by atoms with Crippen molar-refractivity contribution in [1.29, 1.82) is 0 Å². The molecule has 0 amide bonds. The smallest absolute Gasteiger partial charge is 0.201 e. The third-order valence-electron chi connectivity index (χ3n) is 3.42. The Hall–Kier alpha value is -2.56. The average Bonchev–Trinajstić information content (AvgIpc) is 2.86. The molecule has 0 radical (unpaired) electrons. The summed E-state index contributed by atoms with van der Waals surface area (Å²) in [5.74, 6) is -2.37. The topological polar surface area (TPSA) is 45.8 Å². The molecule has 0 unspecified atom stereocenters. The van der Waals surface area contributed by atoms with E-state index in [9.17, 15) is 13.6 Å². The van der Waals surface area contributed by atoms with Crippen molar-refractivity contribution in [3.05, 3.63) is 64.5 Å². The molecule has 0 saturated heterocycles. The minimum Gasteiger partial charge on any atom is -0.345 e. The van der Waals surface area contributed by atoms with Gasteiger partial charge < -0.3 is 4.98 Å². The SMILES string of the molecule is Cc1cnc2[nH]cc(C(=O)c3c(F)ccc(C)c3F)c2c1. The van der Waals surface area contributed by atoms with Crippen molar-refractivity contribution < 1.29 is 13.6 Å². The zero-order valence-electron chi connectivity index (χ0n) is 11.5. The summed E-state index contributed by atoms with van der Waals surface area (Å²) in [7, 11) is 0. The van der Waals surface area contributed by atoms with Gasteiger partial charge in [-0.3, -0.25) is 4.79 Å². The molecule has 0 spiro atoms. The molecule has 0 atom stereocenters. The predicted octanol–water partition coefficient (Wildman–Crippen LogP) is 3.69. The Morgan fingerprint density at radius 1 is 1.24 bits per heavy atom. The minimum atomic E-state index is -0.863. The molecule has 3 aromatic rings. The normalized spacial score (nSPS) is 11.0. The summed E-state index contributed by atoms with van der Waals surface area (Å²) in [4.78, 5) is 19.5. The van der Waals surface area contributed by atoms with Crippen molar-refractivity contribution in [3.8, 4) is 0 Å². The summed E-state index contributed by atoms with van der Waals surface area (Å²) in [5.41, 5.74) is 1.29. The first-order valence-electron chi connectivity index (χ1n) is 6.42. The van der Waals surface area contributed by atoms with Gasteiger partial charge in [0, 0.05) is 23.3 Å². The number of aromatic nitrogens is 2. The molecule has 2 aromatic heterocycles. The maximum atomic E-state index is 14.1. The van der Waals surface area contributed by atoms with Gasteiger partial charge >= 0.3 is 0 Å². The molecule has 0 aliphatic rings. The Kier molecular flexibility index (Phi) is 3.05. The highest BCUT2D eigenvalue weighted by atomic mass is 19.1. The highest BCUT2D eigenvalue weighted by molar-refractivity contribution is 6.16. The van der Waals surface area contributed by atoms with E-state index in [0.717, 1.165) is 11.6 Å². The summed E-state index contributed by atoms with van der Waals surface area (Å²) in [6.45, 7) is 3.33. The van der Waals surface area contributed by atoms with E-state index < -0.39 is 23.0 Å². The first-order chi connectivity index (χ1) is 9.99. The van der Waals surface area contributed by atoms with E-state index in [-0.39, 0.29) is 11.1 Å². The molecule has 3 nitrogen and oxygen atoms in total. The molecule has 1 N–H and O–H groups in total. The van der Waals surface area contributed by atoms with Crippen LogP contribution in [0.5, 0.6) is 0 Å². The molecule has 0 bridgehead atoms. The molecule has 2 heterocycles. The fourth-order valence-electron chi connectivity index (χ4n) is 2.30. The Labute approximate surface area is 119 Å². The number of carbonyl (C=O) groups excluding carboxylic acids is 1. The summed E-state index contributed by atoms with van der Waals surface area (Å²) in [6.07, 6.45) is 3.08. The van der Waals surface area contributed by atoms with Crippen LogP contribution in [0.2, 0.25) is 0 Å². The molecule has 0 aliphatic heterocycles. The molecular weight excluding hydrogens is 274 g/mol. The Bertz CT molecular complexity index is 868. The fraction of sp³-hybridized carbons (Fsp3) is 0.125. The van der Waals surface area contributed by atoms with Crippen LogP contribution < -0.4 is 0 Å². The van der Waals surface area contributed by atoms with Crippen molar-refractivity contribution in [2.45, 2.75) is 13.8 Å². The first kappa shape index (κ1) is 13.4. The average molecular weight is 286 g/mol. The second-order valence-corrected chi connectivity index (χ2v) is 4.99. The monoisotopic (exact) mass is 286 g/mol. The molecule has 5 heteroatoms. The van der Waals surface area contributed by atoms with Crippen LogP contribution in [-0.4, -0.2) is 15.8 Å². The second kappa shape index (κ2) is 4.77. The van der Waals surface area contributed by atoms with E-state index in [1.165, 1.54) is 19.2 Å². The van der Waals surface area contributed by atoms with Gasteiger partial charge in [-0.2, -0.15) is 0 Å². The molecule has 0 saturated carbocycles. The number of ketones is 1. The van der Waals surface area contributed by atoms with Crippen LogP contribution in [0.15, 0.2) is 30.6 Å². The maximum Gasteiger partial charge on any atom is 0.201 e. The summed E-state index contributed by atoms with van der Waals surface area (Å²) >= 11 is 0. The van der Waals surface area contributed by atoms with E-state index in [2.05, 4.69) is 9.97 Å². The van der Waals surface area contributed by atoms with Gasteiger partial charge in [0.15, 0.2) is 0 Å². The molecular formula is C16H12F2N2O. The van der Waals surface area contributed by atoms with Crippen LogP contribution in [0.25, 0.3) is 11.0 Å². The number of fused-ring (bicyclic) bond motifs is 1. The zero-order chi connectivity index (χ0) is 15.1. The van der Waals surface area contributed by atoms with Gasteiger partial charge in [0.05, 0.1) is 5.56 Å². The third kappa shape index (κ3) is 2.11. The number of halogens is 2. The van der Waals surface area contributed by atoms with Gasteiger partial charge in [0.1, 0.15) is 17.3 Å². The third-order valence-corrected chi connectivity index (χ3v) is 3.42. The number of H-pyrrole nitrogens is 1. The van der Waals surface area contributed by atoms with Crippen LogP contribution in [0, 0.1) is 25.5 Å². The predicted molar refractivity (Wildman–Crippen MR) is 75.4 cm³/mol. The van der Waals surface area contributed by atoms with E-state index in [0.29, 0.717) is 11.0 Å². The van der Waals surface area contributed by atoms with Crippen LogP contribution in [0.4, 0.5) is 8.78 Å². The summed E-state index contributed by atoms with van der Waals surface area (Å²) in [6, 6.07) is 4.17. The Morgan fingerprint density at radius 2 is 2.00 bits per heavy atom. The van der Waals surface area contributed by atoms with Crippen molar-refractivity contribution in [2.24, 2.45) is 0 Å². The number of hydrogen-bond acceptors (Lipinski definition) is 2. The van der Waals surface area contributed by atoms with Gasteiger partial charge in [0.25, 0.3) is 0 Å². The lowest BCUT2D eigenvalue weighted by Crippen LogP contribution is -2.08. The minimum absolute atomic E-state index is 0.213. The highest BCUT2D eigenvalue weighted by Crippen LogP contribution is 2.24. The largest absolute Gasteiger partial charge is 0.345 e. The lowest BCUT2D eigenvalue weighted by molar-refractivity contribution is 0.103. The van der Waals surface area contributed by atoms with E-state index >= 15 is 0 Å². The van der Waals surface area contributed by atoms with E-state index in [4.69, 9.17) is 0 Å². The van der Waals surface area contributed by atoms with Gasteiger partial charge in [-0.25, -0.2) is 13.8 Å². The lowest BCUT2D eigenvalue weighted by Gasteiger charge is -2.06. The molecule has 3 rings (SSSR count).